The number of aromatic hydroxyl groups is 1. The summed E-state index contributed by atoms with van der Waals surface area (Å²) in [6.07, 6.45) is 1.83. The monoisotopic (exact) mass is 309 g/mol. The molecule has 0 aliphatic rings. The van der Waals surface area contributed by atoms with Crippen molar-refractivity contribution in [2.24, 2.45) is 7.05 Å². The maximum atomic E-state index is 11.0. The highest BCUT2D eigenvalue weighted by molar-refractivity contribution is 5.84. The van der Waals surface area contributed by atoms with Gasteiger partial charge in [-0.3, -0.25) is 14.8 Å². The van der Waals surface area contributed by atoms with E-state index < -0.39 is 4.92 Å². The van der Waals surface area contributed by atoms with Gasteiger partial charge in [-0.25, -0.2) is 0 Å². The average molecular weight is 309 g/mol. The molecule has 0 amide bonds. The molecule has 6 heteroatoms. The second-order valence-corrected chi connectivity index (χ2v) is 5.39. The van der Waals surface area contributed by atoms with Crippen molar-refractivity contribution in [3.05, 3.63) is 64.3 Å². The van der Waals surface area contributed by atoms with Gasteiger partial charge in [-0.15, -0.1) is 0 Å². The minimum Gasteiger partial charge on any atom is -0.507 e. The maximum Gasteiger partial charge on any atom is 0.270 e. The Morgan fingerprint density at radius 3 is 2.48 bits per heavy atom. The molecule has 2 aromatic carbocycles. The van der Waals surface area contributed by atoms with E-state index in [-0.39, 0.29) is 11.4 Å². The Kier molecular flexibility index (Phi) is 3.57. The molecule has 0 atom stereocenters. The Morgan fingerprint density at radius 2 is 1.83 bits per heavy atom. The van der Waals surface area contributed by atoms with Crippen LogP contribution < -0.4 is 0 Å². The van der Waals surface area contributed by atoms with Crippen molar-refractivity contribution in [3.8, 4) is 28.1 Å². The number of aryl methyl sites for hydroxylation is 2. The van der Waals surface area contributed by atoms with Gasteiger partial charge in [0.2, 0.25) is 0 Å². The molecule has 0 saturated carbocycles. The molecule has 3 rings (SSSR count). The van der Waals surface area contributed by atoms with E-state index in [0.29, 0.717) is 11.3 Å². The van der Waals surface area contributed by atoms with E-state index in [1.54, 1.807) is 11.7 Å². The van der Waals surface area contributed by atoms with E-state index in [9.17, 15) is 15.2 Å². The number of phenolic OH excluding ortho intramolecular Hbond substituents is 1. The first-order valence-electron chi connectivity index (χ1n) is 7.04. The predicted molar refractivity (Wildman–Crippen MR) is 87.1 cm³/mol. The molecule has 3 aromatic rings. The van der Waals surface area contributed by atoms with Gasteiger partial charge >= 0.3 is 0 Å². The highest BCUT2D eigenvalue weighted by atomic mass is 16.6. The lowest BCUT2D eigenvalue weighted by Gasteiger charge is -2.05. The minimum absolute atomic E-state index is 0.0392. The van der Waals surface area contributed by atoms with E-state index in [4.69, 9.17) is 0 Å². The van der Waals surface area contributed by atoms with Gasteiger partial charge < -0.3 is 5.11 Å². The highest BCUT2D eigenvalue weighted by Gasteiger charge is 2.18. The molecule has 1 heterocycles. The molecule has 0 unspecified atom stereocenters. The molecule has 0 radical (unpaired) electrons. The van der Waals surface area contributed by atoms with Crippen LogP contribution in [0.2, 0.25) is 0 Å². The molecule has 0 spiro atoms. The van der Waals surface area contributed by atoms with Gasteiger partial charge in [0.15, 0.2) is 0 Å². The van der Waals surface area contributed by atoms with Crippen LogP contribution in [0.25, 0.3) is 22.4 Å². The number of rotatable bonds is 3. The van der Waals surface area contributed by atoms with Crippen molar-refractivity contribution < 1.29 is 10.0 Å². The molecular formula is C17H15N3O3. The number of benzene rings is 2. The summed E-state index contributed by atoms with van der Waals surface area (Å²) >= 11 is 0. The van der Waals surface area contributed by atoms with Crippen LogP contribution in [0.4, 0.5) is 5.69 Å². The molecule has 1 aromatic heterocycles. The van der Waals surface area contributed by atoms with Crippen LogP contribution in [-0.2, 0) is 7.05 Å². The first kappa shape index (κ1) is 14.8. The van der Waals surface area contributed by atoms with E-state index >= 15 is 0 Å². The fourth-order valence-corrected chi connectivity index (χ4v) is 2.46. The van der Waals surface area contributed by atoms with Crippen LogP contribution in [0.3, 0.4) is 0 Å². The summed E-state index contributed by atoms with van der Waals surface area (Å²) in [5.74, 6) is -0.0392. The lowest BCUT2D eigenvalue weighted by molar-refractivity contribution is -0.384. The Balaban J connectivity index is 2.20. The molecule has 0 aliphatic heterocycles. The van der Waals surface area contributed by atoms with Crippen LogP contribution in [0.1, 0.15) is 5.56 Å². The number of nitrogens with zero attached hydrogens (tertiary/aromatic N) is 3. The SMILES string of the molecule is Cc1ccc(-c2cn(C)nc2-c2cc([N+](=O)[O-])ccc2O)cc1. The first-order valence-corrected chi connectivity index (χ1v) is 7.04. The molecule has 6 nitrogen and oxygen atoms in total. The van der Waals surface area contributed by atoms with Crippen molar-refractivity contribution >= 4 is 5.69 Å². The molecule has 0 saturated heterocycles. The largest absolute Gasteiger partial charge is 0.507 e. The minimum atomic E-state index is -0.489. The molecular weight excluding hydrogens is 294 g/mol. The van der Waals surface area contributed by atoms with Gasteiger partial charge in [0, 0.05) is 30.9 Å². The predicted octanol–water partition coefficient (Wildman–Crippen LogP) is 3.68. The third-order valence-electron chi connectivity index (χ3n) is 3.64. The Labute approximate surface area is 132 Å². The fraction of sp³-hybridized carbons (Fsp3) is 0.118. The van der Waals surface area contributed by atoms with Crippen LogP contribution in [0, 0.1) is 17.0 Å². The van der Waals surface area contributed by atoms with Crippen molar-refractivity contribution in [1.29, 1.82) is 0 Å². The number of hydrogen-bond acceptors (Lipinski definition) is 4. The van der Waals surface area contributed by atoms with Crippen molar-refractivity contribution in [3.63, 3.8) is 0 Å². The van der Waals surface area contributed by atoms with Crippen LogP contribution in [0.15, 0.2) is 48.7 Å². The molecule has 1 N–H and O–H groups in total. The molecule has 0 fully saturated rings. The molecule has 116 valence electrons. The van der Waals surface area contributed by atoms with Crippen molar-refractivity contribution in [2.75, 3.05) is 0 Å². The lowest BCUT2D eigenvalue weighted by atomic mass is 10.00. The summed E-state index contributed by atoms with van der Waals surface area (Å²) in [7, 11) is 1.77. The standard InChI is InChI=1S/C17H15N3O3/c1-11-3-5-12(6-4-11)15-10-19(2)18-17(15)14-9-13(20(22)23)7-8-16(14)21/h3-10,21H,1-2H3. The molecule has 23 heavy (non-hydrogen) atoms. The number of aromatic nitrogens is 2. The maximum absolute atomic E-state index is 11.0. The zero-order valence-corrected chi connectivity index (χ0v) is 12.7. The smallest absolute Gasteiger partial charge is 0.270 e. The summed E-state index contributed by atoms with van der Waals surface area (Å²) in [6, 6.07) is 11.8. The zero-order chi connectivity index (χ0) is 16.6. The van der Waals surface area contributed by atoms with E-state index in [1.807, 2.05) is 37.4 Å². The van der Waals surface area contributed by atoms with Gasteiger partial charge in [-0.05, 0) is 18.6 Å². The molecule has 0 aliphatic carbocycles. The van der Waals surface area contributed by atoms with Crippen LogP contribution in [0.5, 0.6) is 5.75 Å². The number of non-ortho nitro benzene ring substituents is 1. The summed E-state index contributed by atoms with van der Waals surface area (Å²) < 4.78 is 1.63. The average Bonchev–Trinajstić information content (AvgIpc) is 2.90. The first-order chi connectivity index (χ1) is 11.0. The summed E-state index contributed by atoms with van der Waals surface area (Å²) in [4.78, 5) is 10.5. The summed E-state index contributed by atoms with van der Waals surface area (Å²) in [6.45, 7) is 2.00. The van der Waals surface area contributed by atoms with Crippen molar-refractivity contribution in [1.82, 2.24) is 9.78 Å². The van der Waals surface area contributed by atoms with E-state index in [1.165, 1.54) is 18.2 Å². The van der Waals surface area contributed by atoms with E-state index in [0.717, 1.165) is 16.7 Å². The van der Waals surface area contributed by atoms with Gasteiger partial charge in [0.05, 0.1) is 10.5 Å². The van der Waals surface area contributed by atoms with Crippen molar-refractivity contribution in [2.45, 2.75) is 6.92 Å². The third kappa shape index (κ3) is 2.78. The second-order valence-electron chi connectivity index (χ2n) is 5.39. The number of phenols is 1. The Hall–Kier alpha value is -3.15. The van der Waals surface area contributed by atoms with Gasteiger partial charge in [0.25, 0.3) is 5.69 Å². The topological polar surface area (TPSA) is 81.2 Å². The number of nitro groups is 1. The van der Waals surface area contributed by atoms with Crippen LogP contribution in [-0.4, -0.2) is 19.8 Å². The quantitative estimate of drug-likeness (QED) is 0.591. The van der Waals surface area contributed by atoms with Gasteiger partial charge in [-0.2, -0.15) is 5.10 Å². The second kappa shape index (κ2) is 5.57. The normalized spacial score (nSPS) is 10.7. The van der Waals surface area contributed by atoms with Gasteiger partial charge in [0.1, 0.15) is 11.4 Å². The zero-order valence-electron chi connectivity index (χ0n) is 12.7. The van der Waals surface area contributed by atoms with Crippen LogP contribution >= 0.6 is 0 Å². The number of hydrogen-bond donors (Lipinski definition) is 1. The Morgan fingerprint density at radius 1 is 1.13 bits per heavy atom. The number of nitro benzene ring substituents is 1. The molecule has 0 bridgehead atoms. The highest BCUT2D eigenvalue weighted by Crippen LogP contribution is 2.37. The summed E-state index contributed by atoms with van der Waals surface area (Å²) in [5.41, 5.74) is 3.65. The third-order valence-corrected chi connectivity index (χ3v) is 3.64. The fourth-order valence-electron chi connectivity index (χ4n) is 2.46. The Bertz CT molecular complexity index is 883. The van der Waals surface area contributed by atoms with Gasteiger partial charge in [-0.1, -0.05) is 29.8 Å². The lowest BCUT2D eigenvalue weighted by Crippen LogP contribution is -1.91. The van der Waals surface area contributed by atoms with E-state index in [2.05, 4.69) is 5.10 Å². The summed E-state index contributed by atoms with van der Waals surface area (Å²) in [5, 5.41) is 25.5.